The first kappa shape index (κ1) is 19.9. The second-order valence-electron chi connectivity index (χ2n) is 7.06. The van der Waals surface area contributed by atoms with Crippen molar-refractivity contribution < 1.29 is 24.5 Å². The van der Waals surface area contributed by atoms with Gasteiger partial charge >= 0.3 is 5.97 Å². The van der Waals surface area contributed by atoms with Crippen molar-refractivity contribution in [3.8, 4) is 0 Å². The number of anilines is 1. The van der Waals surface area contributed by atoms with E-state index in [1.54, 1.807) is 18.3 Å². The highest BCUT2D eigenvalue weighted by Crippen LogP contribution is 2.39. The molecular formula is C18H31N3O3S+2. The molecule has 1 atom stereocenters. The molecule has 1 unspecified atom stereocenters. The number of carbonyl (C=O) groups excluding carboxylic acids is 2. The topological polar surface area (TPSA) is 76.4 Å². The summed E-state index contributed by atoms with van der Waals surface area (Å²) in [6.07, 6.45) is 2.93. The van der Waals surface area contributed by atoms with E-state index in [9.17, 15) is 9.59 Å². The van der Waals surface area contributed by atoms with Gasteiger partial charge in [-0.05, 0) is 37.7 Å². The predicted octanol–water partition coefficient (Wildman–Crippen LogP) is -0.304. The molecule has 1 heterocycles. The van der Waals surface area contributed by atoms with Crippen LogP contribution in [0.15, 0.2) is 0 Å². The highest BCUT2D eigenvalue weighted by Gasteiger charge is 2.29. The van der Waals surface area contributed by atoms with Crippen molar-refractivity contribution in [2.45, 2.75) is 33.1 Å². The normalized spacial score (nSPS) is 16.6. The molecule has 0 radical (unpaired) electrons. The molecule has 1 aliphatic carbocycles. The Hall–Kier alpha value is -1.44. The van der Waals surface area contributed by atoms with Crippen LogP contribution in [-0.2, 0) is 22.4 Å². The van der Waals surface area contributed by atoms with E-state index in [0.717, 1.165) is 37.9 Å². The summed E-state index contributed by atoms with van der Waals surface area (Å²) in [4.78, 5) is 27.3. The molecule has 140 valence electrons. The van der Waals surface area contributed by atoms with E-state index in [4.69, 9.17) is 4.74 Å². The molecule has 6 nitrogen and oxygen atoms in total. The van der Waals surface area contributed by atoms with Gasteiger partial charge in [0, 0.05) is 4.88 Å². The van der Waals surface area contributed by atoms with Crippen LogP contribution in [0.4, 0.5) is 5.00 Å². The highest BCUT2D eigenvalue weighted by atomic mass is 32.1. The Labute approximate surface area is 153 Å². The van der Waals surface area contributed by atoms with Gasteiger partial charge in [-0.2, -0.15) is 0 Å². The number of nitrogens with one attached hydrogen (secondary N) is 2. The molecule has 4 N–H and O–H groups in total. The van der Waals surface area contributed by atoms with E-state index < -0.39 is 0 Å². The van der Waals surface area contributed by atoms with Crippen LogP contribution >= 0.6 is 11.3 Å². The zero-order valence-electron chi connectivity index (χ0n) is 15.7. The summed E-state index contributed by atoms with van der Waals surface area (Å²) in [7, 11) is 4.19. The number of quaternary nitrogens is 2. The van der Waals surface area contributed by atoms with Crippen molar-refractivity contribution >= 4 is 28.2 Å². The van der Waals surface area contributed by atoms with E-state index in [1.165, 1.54) is 9.78 Å². The average molecular weight is 370 g/mol. The lowest BCUT2D eigenvalue weighted by Crippen LogP contribution is -3.09. The molecule has 2 rings (SSSR count). The van der Waals surface area contributed by atoms with Crippen molar-refractivity contribution in [2.75, 3.05) is 45.7 Å². The first-order chi connectivity index (χ1) is 11.9. The molecule has 1 aromatic heterocycles. The van der Waals surface area contributed by atoms with Crippen LogP contribution < -0.4 is 15.5 Å². The molecule has 0 saturated carbocycles. The number of nitrogens with two attached hydrogens (primary N) is 1. The number of amides is 1. The van der Waals surface area contributed by atoms with E-state index in [0.29, 0.717) is 29.6 Å². The lowest BCUT2D eigenvalue weighted by molar-refractivity contribution is -0.873. The smallest absolute Gasteiger partial charge is 0.341 e. The Balaban J connectivity index is 2.08. The van der Waals surface area contributed by atoms with Gasteiger partial charge in [-0.25, -0.2) is 4.79 Å². The second kappa shape index (κ2) is 9.31. The number of hydrogen-bond donors (Lipinski definition) is 3. The van der Waals surface area contributed by atoms with Gasteiger partial charge in [-0.15, -0.1) is 11.3 Å². The molecule has 25 heavy (non-hydrogen) atoms. The van der Waals surface area contributed by atoms with Crippen LogP contribution in [0, 0.1) is 5.92 Å². The van der Waals surface area contributed by atoms with Crippen LogP contribution in [-0.4, -0.2) is 52.2 Å². The average Bonchev–Trinajstić information content (AvgIpc) is 2.88. The minimum Gasteiger partial charge on any atom is -0.462 e. The van der Waals surface area contributed by atoms with Crippen molar-refractivity contribution in [3.63, 3.8) is 0 Å². The van der Waals surface area contributed by atoms with Gasteiger partial charge in [0.25, 0.3) is 5.91 Å². The fraction of sp³-hybridized carbons (Fsp3) is 0.667. The molecule has 0 aliphatic heterocycles. The summed E-state index contributed by atoms with van der Waals surface area (Å²) in [6.45, 7) is 6.65. The molecule has 0 bridgehead atoms. The Kier molecular flexibility index (Phi) is 7.40. The lowest BCUT2D eigenvalue weighted by atomic mass is 9.88. The summed E-state index contributed by atoms with van der Waals surface area (Å²) < 4.78 is 5.23. The van der Waals surface area contributed by atoms with Gasteiger partial charge < -0.3 is 20.3 Å². The number of hydrogen-bond acceptors (Lipinski definition) is 4. The Morgan fingerprint density at radius 3 is 2.84 bits per heavy atom. The van der Waals surface area contributed by atoms with Crippen molar-refractivity contribution in [1.29, 1.82) is 0 Å². The summed E-state index contributed by atoms with van der Waals surface area (Å²) in [6, 6.07) is 0. The Bertz CT molecular complexity index is 613. The van der Waals surface area contributed by atoms with Gasteiger partial charge in [0.05, 0.1) is 26.3 Å². The van der Waals surface area contributed by atoms with Crippen LogP contribution in [0.2, 0.25) is 0 Å². The molecule has 1 amide bonds. The fourth-order valence-electron chi connectivity index (χ4n) is 3.06. The molecular weight excluding hydrogens is 338 g/mol. The maximum absolute atomic E-state index is 12.4. The van der Waals surface area contributed by atoms with Crippen LogP contribution in [0.1, 0.15) is 41.1 Å². The molecule has 0 saturated heterocycles. The summed E-state index contributed by atoms with van der Waals surface area (Å²) >= 11 is 1.54. The largest absolute Gasteiger partial charge is 0.462 e. The van der Waals surface area contributed by atoms with Gasteiger partial charge in [-0.1, -0.05) is 6.92 Å². The van der Waals surface area contributed by atoms with Crippen LogP contribution in [0.25, 0.3) is 0 Å². The van der Waals surface area contributed by atoms with Gasteiger partial charge in [0.15, 0.2) is 6.54 Å². The van der Waals surface area contributed by atoms with Crippen molar-refractivity contribution in [2.24, 2.45) is 5.92 Å². The number of ether oxygens (including phenoxy) is 1. The standard InChI is InChI=1S/C18H29N3O3S/c1-5-24-18(23)16-13-7-6-12(2)10-14(13)25-17(16)20-15(22)11-19-8-9-21(3)4/h12,19H,5-11H2,1-4H3,(H,20,22)/p+2. The predicted molar refractivity (Wildman–Crippen MR) is 99.4 cm³/mol. The maximum atomic E-state index is 12.4. The number of fused-ring (bicyclic) bond motifs is 1. The molecule has 0 spiro atoms. The second-order valence-corrected chi connectivity index (χ2v) is 8.17. The molecule has 0 fully saturated rings. The quantitative estimate of drug-likeness (QED) is 0.435. The number of carbonyl (C=O) groups is 2. The molecule has 0 aromatic carbocycles. The number of likely N-dealkylation sites (N-methyl/N-ethyl adjacent to an activating group) is 1. The van der Waals surface area contributed by atoms with Crippen LogP contribution in [0.5, 0.6) is 0 Å². The van der Waals surface area contributed by atoms with E-state index in [2.05, 4.69) is 26.3 Å². The molecule has 1 aliphatic rings. The first-order valence-electron chi connectivity index (χ1n) is 9.14. The number of rotatable bonds is 8. The summed E-state index contributed by atoms with van der Waals surface area (Å²) in [5, 5.41) is 5.61. The van der Waals surface area contributed by atoms with Crippen LogP contribution in [0.3, 0.4) is 0 Å². The van der Waals surface area contributed by atoms with E-state index in [1.807, 2.05) is 5.32 Å². The molecule has 1 aromatic rings. The minimum atomic E-state index is -0.315. The highest BCUT2D eigenvalue weighted by molar-refractivity contribution is 7.17. The first-order valence-corrected chi connectivity index (χ1v) is 9.96. The van der Waals surface area contributed by atoms with Gasteiger partial charge in [0.1, 0.15) is 18.1 Å². The van der Waals surface area contributed by atoms with Gasteiger partial charge in [0.2, 0.25) is 0 Å². The monoisotopic (exact) mass is 369 g/mol. The summed E-state index contributed by atoms with van der Waals surface area (Å²) in [5.41, 5.74) is 1.66. The third-order valence-corrected chi connectivity index (χ3v) is 5.59. The zero-order chi connectivity index (χ0) is 18.4. The zero-order valence-corrected chi connectivity index (χ0v) is 16.6. The van der Waals surface area contributed by atoms with Crippen molar-refractivity contribution in [3.05, 3.63) is 16.0 Å². The SMILES string of the molecule is CCOC(=O)c1c(NC(=O)C[NH2+]CC[NH+](C)C)sc2c1CCC(C)C2. The van der Waals surface area contributed by atoms with E-state index in [-0.39, 0.29) is 11.9 Å². The lowest BCUT2D eigenvalue weighted by Gasteiger charge is -2.18. The fourth-order valence-corrected chi connectivity index (χ4v) is 4.47. The maximum Gasteiger partial charge on any atom is 0.341 e. The van der Waals surface area contributed by atoms with E-state index >= 15 is 0 Å². The number of thiophene rings is 1. The minimum absolute atomic E-state index is 0.0639. The summed E-state index contributed by atoms with van der Waals surface area (Å²) in [5.74, 6) is 0.239. The Morgan fingerprint density at radius 2 is 2.16 bits per heavy atom. The van der Waals surface area contributed by atoms with Gasteiger partial charge in [-0.3, -0.25) is 4.79 Å². The van der Waals surface area contributed by atoms with Crippen molar-refractivity contribution in [1.82, 2.24) is 0 Å². The molecule has 7 heteroatoms. The Morgan fingerprint density at radius 1 is 1.40 bits per heavy atom. The number of esters is 1. The third kappa shape index (κ3) is 5.52. The third-order valence-electron chi connectivity index (χ3n) is 4.42.